The highest BCUT2D eigenvalue weighted by molar-refractivity contribution is 5.84. The number of hydrogen-bond acceptors (Lipinski definition) is 6. The topological polar surface area (TPSA) is 151 Å². The number of amides is 2. The highest BCUT2D eigenvalue weighted by Gasteiger charge is 2.20. The van der Waals surface area contributed by atoms with Gasteiger partial charge in [-0.3, -0.25) is 14.4 Å². The second-order valence-electron chi connectivity index (χ2n) is 11.4. The van der Waals surface area contributed by atoms with Crippen LogP contribution in [0.25, 0.3) is 0 Å². The number of carbonyl (C=O) groups excluding carboxylic acids is 2. The maximum atomic E-state index is 12.2. The molecule has 4 N–H and O–H groups in total. The Balaban J connectivity index is 3.55. The molecule has 0 aromatic carbocycles. The Morgan fingerprint density at radius 2 is 1.00 bits per heavy atom. The van der Waals surface area contributed by atoms with Crippen molar-refractivity contribution in [2.75, 3.05) is 33.0 Å². The van der Waals surface area contributed by atoms with E-state index in [0.717, 1.165) is 38.5 Å². The molecular formula is C33H62N2O8. The van der Waals surface area contributed by atoms with Gasteiger partial charge in [0.15, 0.2) is 0 Å². The van der Waals surface area contributed by atoms with Crippen LogP contribution in [0.3, 0.4) is 0 Å². The van der Waals surface area contributed by atoms with Crippen LogP contribution in [0.1, 0.15) is 148 Å². The molecule has 0 heterocycles. The lowest BCUT2D eigenvalue weighted by Gasteiger charge is -2.14. The van der Waals surface area contributed by atoms with Crippen LogP contribution in [0.5, 0.6) is 0 Å². The molecule has 0 radical (unpaired) electrons. The van der Waals surface area contributed by atoms with Gasteiger partial charge in [0.25, 0.3) is 0 Å². The highest BCUT2D eigenvalue weighted by Crippen LogP contribution is 2.15. The summed E-state index contributed by atoms with van der Waals surface area (Å²) in [5.41, 5.74) is 0. The highest BCUT2D eigenvalue weighted by atomic mass is 16.5. The molecule has 10 heteroatoms. The van der Waals surface area contributed by atoms with Gasteiger partial charge in [-0.25, -0.2) is 4.79 Å². The minimum atomic E-state index is -1.13. The van der Waals surface area contributed by atoms with Crippen molar-refractivity contribution in [1.29, 1.82) is 0 Å². The molecular weight excluding hydrogens is 552 g/mol. The molecule has 0 fully saturated rings. The first-order chi connectivity index (χ1) is 20.9. The Labute approximate surface area is 260 Å². The van der Waals surface area contributed by atoms with Crippen LogP contribution in [0.4, 0.5) is 0 Å². The zero-order valence-corrected chi connectivity index (χ0v) is 27.0. The number of unbranched alkanes of at least 4 members (excludes halogenated alkanes) is 17. The summed E-state index contributed by atoms with van der Waals surface area (Å²) >= 11 is 0. The number of carboxylic acids is 2. The van der Waals surface area contributed by atoms with E-state index in [0.29, 0.717) is 45.8 Å². The first-order valence-corrected chi connectivity index (χ1v) is 17.0. The number of rotatable bonds is 33. The number of aliphatic carboxylic acids is 2. The van der Waals surface area contributed by atoms with E-state index < -0.39 is 18.0 Å². The van der Waals surface area contributed by atoms with Gasteiger partial charge in [-0.1, -0.05) is 103 Å². The first-order valence-electron chi connectivity index (χ1n) is 17.0. The normalized spacial score (nSPS) is 11.7. The molecule has 0 aromatic rings. The van der Waals surface area contributed by atoms with Crippen molar-refractivity contribution in [3.63, 3.8) is 0 Å². The van der Waals surface area contributed by atoms with Crippen molar-refractivity contribution in [3.8, 4) is 0 Å². The Morgan fingerprint density at radius 1 is 0.558 bits per heavy atom. The fourth-order valence-electron chi connectivity index (χ4n) is 4.90. The molecule has 0 bridgehead atoms. The van der Waals surface area contributed by atoms with Crippen molar-refractivity contribution < 1.29 is 38.9 Å². The van der Waals surface area contributed by atoms with Crippen LogP contribution in [-0.2, 0) is 28.7 Å². The van der Waals surface area contributed by atoms with Gasteiger partial charge < -0.3 is 30.3 Å². The maximum Gasteiger partial charge on any atom is 0.326 e. The largest absolute Gasteiger partial charge is 0.481 e. The van der Waals surface area contributed by atoms with Crippen LogP contribution in [0, 0.1) is 0 Å². The summed E-state index contributed by atoms with van der Waals surface area (Å²) in [6, 6.07) is -1.06. The fraction of sp³-hybridized carbons (Fsp3) is 0.879. The monoisotopic (exact) mass is 614 g/mol. The van der Waals surface area contributed by atoms with Gasteiger partial charge in [-0.05, 0) is 26.2 Å². The molecule has 0 aliphatic heterocycles. The number of nitrogens with one attached hydrogen (secondary N) is 2. The van der Waals surface area contributed by atoms with Crippen LogP contribution >= 0.6 is 0 Å². The minimum Gasteiger partial charge on any atom is -0.481 e. The molecule has 1 atom stereocenters. The first kappa shape index (κ1) is 40.8. The van der Waals surface area contributed by atoms with Gasteiger partial charge in [0.1, 0.15) is 6.04 Å². The van der Waals surface area contributed by atoms with Crippen LogP contribution in [0.2, 0.25) is 0 Å². The Bertz CT molecular complexity index is 704. The number of ether oxygens (including phenoxy) is 2. The van der Waals surface area contributed by atoms with Gasteiger partial charge in [0, 0.05) is 32.4 Å². The van der Waals surface area contributed by atoms with Gasteiger partial charge in [0.2, 0.25) is 11.8 Å². The molecule has 252 valence electrons. The van der Waals surface area contributed by atoms with Crippen LogP contribution in [-0.4, -0.2) is 73.0 Å². The second-order valence-corrected chi connectivity index (χ2v) is 11.4. The van der Waals surface area contributed by atoms with Crippen LogP contribution < -0.4 is 10.6 Å². The van der Waals surface area contributed by atoms with Crippen molar-refractivity contribution >= 4 is 23.8 Å². The van der Waals surface area contributed by atoms with Crippen LogP contribution in [0.15, 0.2) is 0 Å². The standard InChI is InChI=1S/C33H62N2O8/c1-2-42-27-28-43-26-25-34-30(36)24-23-29(33(40)41)35-31(37)21-19-17-15-13-11-9-7-5-3-4-6-8-10-12-14-16-18-20-22-32(38)39/h29H,2-28H2,1H3,(H,34,36)(H,35,37)(H,38,39)(H,40,41)/t29-/m0/s1. The maximum absolute atomic E-state index is 12.2. The number of carboxylic acid groups (broad SMARTS) is 2. The van der Waals surface area contributed by atoms with Crippen molar-refractivity contribution in [1.82, 2.24) is 10.6 Å². The van der Waals surface area contributed by atoms with Gasteiger partial charge in [-0.2, -0.15) is 0 Å². The van der Waals surface area contributed by atoms with Gasteiger partial charge in [-0.15, -0.1) is 0 Å². The van der Waals surface area contributed by atoms with Crippen molar-refractivity contribution in [2.45, 2.75) is 154 Å². The summed E-state index contributed by atoms with van der Waals surface area (Å²) < 4.78 is 10.5. The molecule has 0 aliphatic carbocycles. The smallest absolute Gasteiger partial charge is 0.326 e. The Hall–Kier alpha value is -2.20. The van der Waals surface area contributed by atoms with Crippen molar-refractivity contribution in [3.05, 3.63) is 0 Å². The van der Waals surface area contributed by atoms with E-state index in [4.69, 9.17) is 14.6 Å². The lowest BCUT2D eigenvalue weighted by atomic mass is 10.0. The average Bonchev–Trinajstić information content (AvgIpc) is 2.97. The quantitative estimate of drug-likeness (QED) is 0.0621. The molecule has 10 nitrogen and oxygen atoms in total. The van der Waals surface area contributed by atoms with E-state index in [1.807, 2.05) is 6.92 Å². The van der Waals surface area contributed by atoms with E-state index in [1.165, 1.54) is 77.0 Å². The molecule has 0 saturated heterocycles. The molecule has 2 amide bonds. The molecule has 0 aromatic heterocycles. The van der Waals surface area contributed by atoms with E-state index in [-0.39, 0.29) is 24.7 Å². The summed E-state index contributed by atoms with van der Waals surface area (Å²) in [6.07, 6.45) is 21.8. The summed E-state index contributed by atoms with van der Waals surface area (Å²) in [5, 5.41) is 23.3. The molecule has 0 spiro atoms. The zero-order valence-electron chi connectivity index (χ0n) is 27.0. The van der Waals surface area contributed by atoms with E-state index >= 15 is 0 Å². The Kier molecular flexibility index (Phi) is 29.6. The minimum absolute atomic E-state index is 0.0239. The molecule has 0 aliphatic rings. The third-order valence-electron chi connectivity index (χ3n) is 7.48. The molecule has 0 unspecified atom stereocenters. The summed E-state index contributed by atoms with van der Waals surface area (Å²) in [6.45, 7) is 4.22. The molecule has 0 saturated carbocycles. The number of carbonyl (C=O) groups is 4. The average molecular weight is 615 g/mol. The lowest BCUT2D eigenvalue weighted by molar-refractivity contribution is -0.142. The third kappa shape index (κ3) is 31.0. The van der Waals surface area contributed by atoms with Crippen molar-refractivity contribution in [2.24, 2.45) is 0 Å². The summed E-state index contributed by atoms with van der Waals surface area (Å²) in [7, 11) is 0. The van der Waals surface area contributed by atoms with Gasteiger partial charge in [0.05, 0.1) is 19.8 Å². The summed E-state index contributed by atoms with van der Waals surface area (Å²) in [5.74, 6) is -2.35. The number of hydrogen-bond donors (Lipinski definition) is 4. The third-order valence-corrected chi connectivity index (χ3v) is 7.48. The molecule has 43 heavy (non-hydrogen) atoms. The SMILES string of the molecule is CCOCCOCCNC(=O)CC[C@H](NC(=O)CCCCCCCCCCCCCCCCCCCCC(=O)O)C(=O)O. The predicted molar refractivity (Wildman–Crippen MR) is 169 cm³/mol. The second kappa shape index (κ2) is 31.2. The van der Waals surface area contributed by atoms with Gasteiger partial charge >= 0.3 is 11.9 Å². The summed E-state index contributed by atoms with van der Waals surface area (Å²) in [4.78, 5) is 46.1. The molecule has 0 rings (SSSR count). The zero-order chi connectivity index (χ0) is 31.8. The fourth-order valence-corrected chi connectivity index (χ4v) is 4.90. The lowest BCUT2D eigenvalue weighted by Crippen LogP contribution is -2.41. The Morgan fingerprint density at radius 3 is 1.44 bits per heavy atom. The van der Waals surface area contributed by atoms with E-state index in [9.17, 15) is 24.3 Å². The van der Waals surface area contributed by atoms with E-state index in [1.54, 1.807) is 0 Å². The predicted octanol–water partition coefficient (Wildman–Crippen LogP) is 6.39. The van der Waals surface area contributed by atoms with E-state index in [2.05, 4.69) is 10.6 Å².